The highest BCUT2D eigenvalue weighted by atomic mass is 16.5. The van der Waals surface area contributed by atoms with E-state index >= 15 is 0 Å². The Labute approximate surface area is 131 Å². The Bertz CT molecular complexity index is 669. The third kappa shape index (κ3) is 4.10. The predicted octanol–water partition coefficient (Wildman–Crippen LogP) is 3.99. The largest absolute Gasteiger partial charge is 0.478 e. The summed E-state index contributed by atoms with van der Waals surface area (Å²) < 4.78 is 5.71. The van der Waals surface area contributed by atoms with Crippen LogP contribution in [-0.2, 0) is 11.2 Å². The minimum Gasteiger partial charge on any atom is -0.478 e. The molecule has 116 valence electrons. The van der Waals surface area contributed by atoms with E-state index in [1.54, 1.807) is 0 Å². The molecule has 0 fully saturated rings. The molecule has 0 bridgehead atoms. The number of hydrogen-bond acceptors (Lipinski definition) is 2. The fourth-order valence-electron chi connectivity index (χ4n) is 2.49. The number of aliphatic carboxylic acids is 1. The maximum Gasteiger partial charge on any atom is 0.345 e. The standard InChI is InChI=1S/C19H22O3/c1-12-7-13(2)9-17(8-12)22-18(19(20)21)11-16-6-5-14(3)15(4)10-16/h5-10,18H,11H2,1-4H3,(H,20,21)/t18-/m0/s1. The number of ether oxygens (including phenoxy) is 1. The van der Waals surface area contributed by atoms with Crippen LogP contribution in [0.5, 0.6) is 5.75 Å². The zero-order chi connectivity index (χ0) is 16.3. The predicted molar refractivity (Wildman–Crippen MR) is 87.6 cm³/mol. The van der Waals surface area contributed by atoms with Crippen LogP contribution in [0.25, 0.3) is 0 Å². The first-order valence-corrected chi connectivity index (χ1v) is 7.39. The molecule has 1 atom stereocenters. The molecule has 22 heavy (non-hydrogen) atoms. The van der Waals surface area contributed by atoms with E-state index in [9.17, 15) is 9.90 Å². The van der Waals surface area contributed by atoms with Gasteiger partial charge in [-0.05, 0) is 67.6 Å². The van der Waals surface area contributed by atoms with Crippen LogP contribution < -0.4 is 4.74 Å². The number of carbonyl (C=O) groups is 1. The van der Waals surface area contributed by atoms with Crippen LogP contribution in [0.2, 0.25) is 0 Å². The van der Waals surface area contributed by atoms with Crippen LogP contribution in [-0.4, -0.2) is 17.2 Å². The van der Waals surface area contributed by atoms with Crippen molar-refractivity contribution in [2.45, 2.75) is 40.2 Å². The maximum absolute atomic E-state index is 11.5. The van der Waals surface area contributed by atoms with E-state index in [2.05, 4.69) is 0 Å². The quantitative estimate of drug-likeness (QED) is 0.907. The van der Waals surface area contributed by atoms with Crippen molar-refractivity contribution in [3.63, 3.8) is 0 Å². The SMILES string of the molecule is Cc1cc(C)cc(O[C@@H](Cc2ccc(C)c(C)c2)C(=O)O)c1. The van der Waals surface area contributed by atoms with Crippen molar-refractivity contribution in [1.82, 2.24) is 0 Å². The molecule has 2 rings (SSSR count). The second kappa shape index (κ2) is 6.65. The summed E-state index contributed by atoms with van der Waals surface area (Å²) in [4.78, 5) is 11.5. The summed E-state index contributed by atoms with van der Waals surface area (Å²) in [7, 11) is 0. The molecule has 1 N–H and O–H groups in total. The van der Waals surface area contributed by atoms with E-state index in [1.807, 2.05) is 64.1 Å². The summed E-state index contributed by atoms with van der Waals surface area (Å²) >= 11 is 0. The van der Waals surface area contributed by atoms with Gasteiger partial charge in [-0.3, -0.25) is 0 Å². The molecule has 0 aliphatic rings. The Kier molecular flexibility index (Phi) is 4.86. The van der Waals surface area contributed by atoms with Crippen LogP contribution in [0.4, 0.5) is 0 Å². The Morgan fingerprint density at radius 2 is 1.64 bits per heavy atom. The molecule has 0 radical (unpaired) electrons. The molecular formula is C19H22O3. The number of benzene rings is 2. The summed E-state index contributed by atoms with van der Waals surface area (Å²) in [5, 5.41) is 9.43. The first kappa shape index (κ1) is 16.1. The lowest BCUT2D eigenvalue weighted by Gasteiger charge is -2.17. The topological polar surface area (TPSA) is 46.5 Å². The number of carboxylic acid groups (broad SMARTS) is 1. The highest BCUT2D eigenvalue weighted by molar-refractivity contribution is 5.73. The molecule has 2 aromatic rings. The summed E-state index contributed by atoms with van der Waals surface area (Å²) in [6, 6.07) is 11.8. The van der Waals surface area contributed by atoms with Gasteiger partial charge in [0, 0.05) is 6.42 Å². The Morgan fingerprint density at radius 3 is 2.18 bits per heavy atom. The lowest BCUT2D eigenvalue weighted by Crippen LogP contribution is -2.29. The van der Waals surface area contributed by atoms with E-state index in [1.165, 1.54) is 5.56 Å². The van der Waals surface area contributed by atoms with E-state index in [4.69, 9.17) is 4.74 Å². The fraction of sp³-hybridized carbons (Fsp3) is 0.316. The van der Waals surface area contributed by atoms with Crippen molar-refractivity contribution >= 4 is 5.97 Å². The Morgan fingerprint density at radius 1 is 1.00 bits per heavy atom. The molecule has 0 aromatic heterocycles. The first-order chi connectivity index (χ1) is 10.3. The van der Waals surface area contributed by atoms with Gasteiger partial charge in [0.25, 0.3) is 0 Å². The van der Waals surface area contributed by atoms with Crippen LogP contribution in [0.3, 0.4) is 0 Å². The zero-order valence-corrected chi connectivity index (χ0v) is 13.5. The van der Waals surface area contributed by atoms with Crippen LogP contribution in [0.15, 0.2) is 36.4 Å². The monoisotopic (exact) mass is 298 g/mol. The van der Waals surface area contributed by atoms with Gasteiger partial charge in [-0.15, -0.1) is 0 Å². The summed E-state index contributed by atoms with van der Waals surface area (Å²) in [6.07, 6.45) is -0.535. The van der Waals surface area contributed by atoms with Gasteiger partial charge >= 0.3 is 5.97 Å². The lowest BCUT2D eigenvalue weighted by molar-refractivity contribution is -0.145. The molecule has 0 heterocycles. The molecule has 3 heteroatoms. The highest BCUT2D eigenvalue weighted by Gasteiger charge is 2.20. The van der Waals surface area contributed by atoms with Crippen molar-refractivity contribution in [3.05, 3.63) is 64.2 Å². The summed E-state index contributed by atoms with van der Waals surface area (Å²) in [5.41, 5.74) is 5.45. The van der Waals surface area contributed by atoms with E-state index in [0.717, 1.165) is 22.3 Å². The van der Waals surface area contributed by atoms with E-state index < -0.39 is 12.1 Å². The first-order valence-electron chi connectivity index (χ1n) is 7.39. The van der Waals surface area contributed by atoms with Crippen LogP contribution >= 0.6 is 0 Å². The third-order valence-corrected chi connectivity index (χ3v) is 3.74. The average Bonchev–Trinajstić information content (AvgIpc) is 2.41. The molecule has 0 amide bonds. The molecule has 0 unspecified atom stereocenters. The van der Waals surface area contributed by atoms with E-state index in [0.29, 0.717) is 12.2 Å². The van der Waals surface area contributed by atoms with E-state index in [-0.39, 0.29) is 0 Å². The summed E-state index contributed by atoms with van der Waals surface area (Å²) in [6.45, 7) is 8.01. The van der Waals surface area contributed by atoms with Crippen molar-refractivity contribution in [2.75, 3.05) is 0 Å². The second-order valence-electron chi connectivity index (χ2n) is 5.89. The maximum atomic E-state index is 11.5. The van der Waals surface area contributed by atoms with Crippen molar-refractivity contribution in [1.29, 1.82) is 0 Å². The molecule has 0 saturated carbocycles. The molecule has 2 aromatic carbocycles. The van der Waals surface area contributed by atoms with Crippen molar-refractivity contribution in [3.8, 4) is 5.75 Å². The molecule has 0 aliphatic carbocycles. The molecule has 0 spiro atoms. The van der Waals surface area contributed by atoms with Gasteiger partial charge in [0.1, 0.15) is 5.75 Å². The highest BCUT2D eigenvalue weighted by Crippen LogP contribution is 2.20. The minimum absolute atomic E-state index is 0.351. The van der Waals surface area contributed by atoms with Gasteiger partial charge in [0.05, 0.1) is 0 Å². The minimum atomic E-state index is -0.947. The number of hydrogen-bond donors (Lipinski definition) is 1. The van der Waals surface area contributed by atoms with Gasteiger partial charge in [0.15, 0.2) is 6.10 Å². The van der Waals surface area contributed by atoms with Gasteiger partial charge in [0.2, 0.25) is 0 Å². The molecule has 0 aliphatic heterocycles. The smallest absolute Gasteiger partial charge is 0.345 e. The molecule has 3 nitrogen and oxygen atoms in total. The Balaban J connectivity index is 2.19. The van der Waals surface area contributed by atoms with Gasteiger partial charge in [-0.2, -0.15) is 0 Å². The Hall–Kier alpha value is -2.29. The van der Waals surface area contributed by atoms with Crippen molar-refractivity contribution < 1.29 is 14.6 Å². The van der Waals surface area contributed by atoms with Crippen LogP contribution in [0.1, 0.15) is 27.8 Å². The van der Waals surface area contributed by atoms with Gasteiger partial charge in [-0.25, -0.2) is 4.79 Å². The lowest BCUT2D eigenvalue weighted by atomic mass is 10.0. The number of carboxylic acids is 1. The third-order valence-electron chi connectivity index (χ3n) is 3.74. The van der Waals surface area contributed by atoms with Gasteiger partial charge < -0.3 is 9.84 Å². The average molecular weight is 298 g/mol. The second-order valence-corrected chi connectivity index (χ2v) is 5.89. The van der Waals surface area contributed by atoms with Crippen molar-refractivity contribution in [2.24, 2.45) is 0 Å². The van der Waals surface area contributed by atoms with Gasteiger partial charge in [-0.1, -0.05) is 24.3 Å². The van der Waals surface area contributed by atoms with Crippen LogP contribution in [0, 0.1) is 27.7 Å². The number of rotatable bonds is 5. The zero-order valence-electron chi connectivity index (χ0n) is 13.5. The molecule has 0 saturated heterocycles. The summed E-state index contributed by atoms with van der Waals surface area (Å²) in [5.74, 6) is -0.342. The fourth-order valence-corrected chi connectivity index (χ4v) is 2.49. The number of aryl methyl sites for hydroxylation is 4. The molecular weight excluding hydrogens is 276 g/mol. The normalized spacial score (nSPS) is 12.0.